The van der Waals surface area contributed by atoms with Crippen molar-refractivity contribution < 1.29 is 8.95 Å². The van der Waals surface area contributed by atoms with Crippen LogP contribution in [0.25, 0.3) is 21.3 Å². The molecule has 2 aliphatic carbocycles. The second-order valence-corrected chi connectivity index (χ2v) is 11.4. The van der Waals surface area contributed by atoms with E-state index in [1.54, 1.807) is 11.7 Å². The molecule has 2 fully saturated rings. The van der Waals surface area contributed by atoms with Crippen LogP contribution >= 0.6 is 11.3 Å². The molecule has 0 aliphatic heterocycles. The smallest absolute Gasteiger partial charge is 0.239 e. The number of aromatic nitrogens is 3. The molecule has 1 atom stereocenters. The molecule has 1 unspecified atom stereocenters. The molecule has 9 heteroatoms. The molecule has 2 N–H and O–H groups in total. The predicted octanol–water partition coefficient (Wildman–Crippen LogP) is 6.53. The molecule has 0 bridgehead atoms. The summed E-state index contributed by atoms with van der Waals surface area (Å²) in [6.45, 7) is 0. The van der Waals surface area contributed by atoms with E-state index in [2.05, 4.69) is 20.0 Å². The minimum Gasteiger partial charge on any atom is -0.437 e. The number of hydrogen-bond donors (Lipinski definition) is 2. The molecule has 0 radical (unpaired) electrons. The molecule has 2 aromatic heterocycles. The highest BCUT2D eigenvalue weighted by Gasteiger charge is 2.29. The number of thiazole rings is 1. The quantitative estimate of drug-likeness (QED) is 0.283. The summed E-state index contributed by atoms with van der Waals surface area (Å²) in [4.78, 5) is 14.6. The Balaban J connectivity index is 1.26. The number of rotatable bonds is 8. The summed E-state index contributed by atoms with van der Waals surface area (Å²) in [7, 11) is -1.06. The maximum atomic E-state index is 12.5. The van der Waals surface area contributed by atoms with Crippen molar-refractivity contribution in [3.8, 4) is 22.2 Å². The van der Waals surface area contributed by atoms with Crippen LogP contribution in [-0.2, 0) is 11.0 Å². The lowest BCUT2D eigenvalue weighted by Crippen LogP contribution is -2.23. The number of benzene rings is 2. The molecule has 6 rings (SSSR count). The van der Waals surface area contributed by atoms with Crippen LogP contribution in [0, 0.1) is 0 Å². The summed E-state index contributed by atoms with van der Waals surface area (Å²) in [6.07, 6.45) is 9.96. The topological polar surface area (TPSA) is 89.0 Å². The van der Waals surface area contributed by atoms with Gasteiger partial charge in [-0.15, -0.1) is 11.3 Å². The average molecular weight is 506 g/mol. The first-order valence-corrected chi connectivity index (χ1v) is 14.2. The number of nitrogens with zero attached hydrogens (tertiary/aromatic N) is 3. The molecule has 2 aromatic carbocycles. The van der Waals surface area contributed by atoms with Crippen molar-refractivity contribution in [1.82, 2.24) is 15.0 Å². The minimum absolute atomic E-state index is 0.257. The van der Waals surface area contributed by atoms with Crippen LogP contribution in [-0.4, -0.2) is 30.5 Å². The van der Waals surface area contributed by atoms with Crippen molar-refractivity contribution in [1.29, 1.82) is 0 Å². The van der Waals surface area contributed by atoms with Gasteiger partial charge in [0.25, 0.3) is 0 Å². The predicted molar refractivity (Wildman–Crippen MR) is 142 cm³/mol. The SMILES string of the molecule is O=S(Nc1ccc(Oc2ncsc2-c2ccnc(NC3CCCCC3)n2)c2ccccc12)C1CC1. The molecule has 180 valence electrons. The Morgan fingerprint density at radius 2 is 1.77 bits per heavy atom. The van der Waals surface area contributed by atoms with Gasteiger partial charge in [-0.1, -0.05) is 43.5 Å². The van der Waals surface area contributed by atoms with Crippen LogP contribution in [0.1, 0.15) is 44.9 Å². The first-order chi connectivity index (χ1) is 17.2. The van der Waals surface area contributed by atoms with Gasteiger partial charge in [0.05, 0.1) is 22.1 Å². The van der Waals surface area contributed by atoms with Gasteiger partial charge in [-0.05, 0) is 43.9 Å². The van der Waals surface area contributed by atoms with Crippen molar-refractivity contribution in [3.63, 3.8) is 0 Å². The van der Waals surface area contributed by atoms with E-state index in [0.717, 1.165) is 52.7 Å². The molecule has 0 saturated heterocycles. The van der Waals surface area contributed by atoms with Gasteiger partial charge in [0, 0.05) is 23.0 Å². The normalized spacial score (nSPS) is 17.3. The summed E-state index contributed by atoms with van der Waals surface area (Å²) in [5, 5.41) is 5.66. The van der Waals surface area contributed by atoms with E-state index in [9.17, 15) is 4.21 Å². The molecule has 0 spiro atoms. The van der Waals surface area contributed by atoms with Gasteiger partial charge < -0.3 is 14.8 Å². The lowest BCUT2D eigenvalue weighted by Gasteiger charge is -2.22. The Morgan fingerprint density at radius 1 is 0.943 bits per heavy atom. The van der Waals surface area contributed by atoms with Crippen LogP contribution in [0.15, 0.2) is 54.2 Å². The molecular weight excluding hydrogens is 478 g/mol. The van der Waals surface area contributed by atoms with Gasteiger partial charge in [0.2, 0.25) is 11.8 Å². The van der Waals surface area contributed by atoms with Crippen LogP contribution in [0.3, 0.4) is 0 Å². The fourth-order valence-electron chi connectivity index (χ4n) is 4.49. The third kappa shape index (κ3) is 5.01. The van der Waals surface area contributed by atoms with Crippen LogP contribution < -0.4 is 14.8 Å². The Kier molecular flexibility index (Phi) is 6.35. The van der Waals surface area contributed by atoms with Gasteiger partial charge in [-0.2, -0.15) is 0 Å². The Labute approximate surface area is 211 Å². The summed E-state index contributed by atoms with van der Waals surface area (Å²) < 4.78 is 22.0. The van der Waals surface area contributed by atoms with E-state index >= 15 is 0 Å². The van der Waals surface area contributed by atoms with Crippen LogP contribution in [0.5, 0.6) is 11.6 Å². The lowest BCUT2D eigenvalue weighted by molar-refractivity contribution is 0.461. The largest absolute Gasteiger partial charge is 0.437 e. The molecule has 7 nitrogen and oxygen atoms in total. The third-order valence-corrected chi connectivity index (χ3v) is 8.82. The van der Waals surface area contributed by atoms with E-state index in [0.29, 0.717) is 23.6 Å². The number of anilines is 2. The van der Waals surface area contributed by atoms with Crippen molar-refractivity contribution in [2.75, 3.05) is 10.0 Å². The zero-order valence-corrected chi connectivity index (χ0v) is 20.9. The van der Waals surface area contributed by atoms with E-state index in [-0.39, 0.29) is 5.25 Å². The van der Waals surface area contributed by atoms with Crippen molar-refractivity contribution in [3.05, 3.63) is 54.2 Å². The van der Waals surface area contributed by atoms with Crippen molar-refractivity contribution in [2.24, 2.45) is 0 Å². The van der Waals surface area contributed by atoms with Crippen LogP contribution in [0.4, 0.5) is 11.6 Å². The Morgan fingerprint density at radius 3 is 2.60 bits per heavy atom. The van der Waals surface area contributed by atoms with Gasteiger partial charge in [0.15, 0.2) is 0 Å². The highest BCUT2D eigenvalue weighted by Crippen LogP contribution is 2.39. The maximum Gasteiger partial charge on any atom is 0.239 e. The summed E-state index contributed by atoms with van der Waals surface area (Å²) >= 11 is 1.50. The number of ether oxygens (including phenoxy) is 1. The number of hydrogen-bond acceptors (Lipinski definition) is 7. The van der Waals surface area contributed by atoms with E-state index in [4.69, 9.17) is 9.72 Å². The van der Waals surface area contributed by atoms with Gasteiger partial charge in [-0.25, -0.2) is 19.2 Å². The number of nitrogens with one attached hydrogen (secondary N) is 2. The maximum absolute atomic E-state index is 12.5. The minimum atomic E-state index is -1.06. The highest BCUT2D eigenvalue weighted by molar-refractivity contribution is 7.87. The van der Waals surface area contributed by atoms with Crippen molar-refractivity contribution >= 4 is 44.7 Å². The molecule has 35 heavy (non-hydrogen) atoms. The Hall–Kier alpha value is -3.04. The molecule has 2 heterocycles. The van der Waals surface area contributed by atoms with Gasteiger partial charge >= 0.3 is 0 Å². The van der Waals surface area contributed by atoms with Gasteiger partial charge in [-0.3, -0.25) is 0 Å². The van der Waals surface area contributed by atoms with E-state index in [1.807, 2.05) is 42.5 Å². The molecule has 2 saturated carbocycles. The summed E-state index contributed by atoms with van der Waals surface area (Å²) in [6, 6.07) is 14.2. The lowest BCUT2D eigenvalue weighted by atomic mass is 9.96. The van der Waals surface area contributed by atoms with Gasteiger partial charge in [0.1, 0.15) is 21.6 Å². The first-order valence-electron chi connectivity index (χ1n) is 12.1. The van der Waals surface area contributed by atoms with Crippen molar-refractivity contribution in [2.45, 2.75) is 56.2 Å². The monoisotopic (exact) mass is 505 g/mol. The average Bonchev–Trinajstić information content (AvgIpc) is 3.65. The standard InChI is InChI=1S/C26H27N5O2S2/c32-35(18-10-11-18)31-21-12-13-23(20-9-5-4-8-19(20)21)33-25-24(34-16-28-25)22-14-15-27-26(30-22)29-17-6-2-1-3-7-17/h4-5,8-9,12-18,31H,1-3,6-7,10-11H2,(H,27,29,30). The summed E-state index contributed by atoms with van der Waals surface area (Å²) in [5.41, 5.74) is 3.42. The third-order valence-electron chi connectivity index (χ3n) is 6.49. The fraction of sp³-hybridized carbons (Fsp3) is 0.346. The Bertz CT molecular complexity index is 1360. The molecule has 4 aromatic rings. The first kappa shape index (κ1) is 22.4. The molecule has 2 aliphatic rings. The van der Waals surface area contributed by atoms with Crippen LogP contribution in [0.2, 0.25) is 0 Å². The zero-order valence-electron chi connectivity index (χ0n) is 19.3. The second kappa shape index (κ2) is 9.91. The fourth-order valence-corrected chi connectivity index (χ4v) is 6.30. The molecular formula is C26H27N5O2S2. The van der Waals surface area contributed by atoms with E-state index < -0.39 is 11.0 Å². The molecule has 0 amide bonds. The number of fused-ring (bicyclic) bond motifs is 1. The highest BCUT2D eigenvalue weighted by atomic mass is 32.2. The van der Waals surface area contributed by atoms with E-state index in [1.165, 1.54) is 30.6 Å². The summed E-state index contributed by atoms with van der Waals surface area (Å²) in [5.74, 6) is 1.87. The second-order valence-electron chi connectivity index (χ2n) is 9.09. The zero-order chi connectivity index (χ0) is 23.6.